The van der Waals surface area contributed by atoms with Crippen LogP contribution in [0.1, 0.15) is 31.1 Å². The van der Waals surface area contributed by atoms with E-state index in [1.807, 2.05) is 5.43 Å². The summed E-state index contributed by atoms with van der Waals surface area (Å²) >= 11 is 0. The molecule has 4 rings (SSSR count). The van der Waals surface area contributed by atoms with Gasteiger partial charge in [0.15, 0.2) is 18.4 Å². The standard InChI is InChI=1S/C28H25N3O9/c32-17-29-31-28(36)30-24-23(40-27(35)20-14-8-3-9-15-20)22(39-26(34)19-12-6-2-7-13-19)21(38-24)16-37-25(33)18-10-4-1-5-11-18/h1-15,17,21-24H,16H2,(H,29,32)(H2,30,31,36). The molecule has 12 nitrogen and oxygen atoms in total. The third-order valence-corrected chi connectivity index (χ3v) is 5.72. The van der Waals surface area contributed by atoms with Crippen LogP contribution in [0.4, 0.5) is 4.79 Å². The van der Waals surface area contributed by atoms with Crippen molar-refractivity contribution in [3.63, 3.8) is 0 Å². The SMILES string of the molecule is O=CNNC(=O)NC1OC(COC(=O)c2ccccc2)C(OC(=O)c2ccccc2)C1OC(=O)c1ccccc1. The molecule has 1 saturated heterocycles. The zero-order valence-electron chi connectivity index (χ0n) is 20.9. The molecule has 40 heavy (non-hydrogen) atoms. The van der Waals surface area contributed by atoms with Gasteiger partial charge in [0.1, 0.15) is 12.7 Å². The number of ether oxygens (including phenoxy) is 4. The van der Waals surface area contributed by atoms with Gasteiger partial charge in [-0.1, -0.05) is 54.6 Å². The maximum atomic E-state index is 13.0. The lowest BCUT2D eigenvalue weighted by Crippen LogP contribution is -2.52. The monoisotopic (exact) mass is 547 g/mol. The second-order valence-electron chi connectivity index (χ2n) is 8.39. The van der Waals surface area contributed by atoms with E-state index in [1.54, 1.807) is 66.7 Å². The minimum atomic E-state index is -1.37. The predicted octanol–water partition coefficient (Wildman–Crippen LogP) is 1.98. The first-order valence-corrected chi connectivity index (χ1v) is 12.1. The maximum Gasteiger partial charge on any atom is 0.338 e. The summed E-state index contributed by atoms with van der Waals surface area (Å²) in [7, 11) is 0. The first-order valence-electron chi connectivity index (χ1n) is 12.1. The van der Waals surface area contributed by atoms with E-state index in [1.165, 1.54) is 24.3 Å². The Labute approximate surface area is 228 Å². The zero-order valence-corrected chi connectivity index (χ0v) is 20.9. The fraction of sp³-hybridized carbons (Fsp3) is 0.179. The molecule has 4 unspecified atom stereocenters. The maximum absolute atomic E-state index is 13.0. The van der Waals surface area contributed by atoms with E-state index in [4.69, 9.17) is 18.9 Å². The van der Waals surface area contributed by atoms with Crippen LogP contribution in [0.2, 0.25) is 0 Å². The average Bonchev–Trinajstić information content (AvgIpc) is 3.30. The van der Waals surface area contributed by atoms with Crippen molar-refractivity contribution in [2.45, 2.75) is 24.5 Å². The summed E-state index contributed by atoms with van der Waals surface area (Å²) in [6, 6.07) is 23.4. The summed E-state index contributed by atoms with van der Waals surface area (Å²) in [6.45, 7) is -0.410. The van der Waals surface area contributed by atoms with Crippen LogP contribution >= 0.6 is 0 Å². The highest BCUT2D eigenvalue weighted by molar-refractivity contribution is 5.91. The highest BCUT2D eigenvalue weighted by Gasteiger charge is 2.51. The van der Waals surface area contributed by atoms with Crippen LogP contribution in [0.25, 0.3) is 0 Å². The molecule has 0 saturated carbocycles. The van der Waals surface area contributed by atoms with Crippen molar-refractivity contribution >= 4 is 30.3 Å². The van der Waals surface area contributed by atoms with E-state index in [9.17, 15) is 24.0 Å². The normalized spacial score (nSPS) is 19.5. The molecule has 1 fully saturated rings. The number of hydrogen-bond acceptors (Lipinski definition) is 9. The smallest absolute Gasteiger partial charge is 0.338 e. The summed E-state index contributed by atoms with van der Waals surface area (Å²) in [5.74, 6) is -2.21. The Morgan fingerprint density at radius 2 is 1.18 bits per heavy atom. The summed E-state index contributed by atoms with van der Waals surface area (Å²) in [5, 5.41) is 2.41. The molecule has 0 spiro atoms. The number of carbonyl (C=O) groups excluding carboxylic acids is 5. The van der Waals surface area contributed by atoms with E-state index in [0.717, 1.165) is 0 Å². The second-order valence-corrected chi connectivity index (χ2v) is 8.39. The van der Waals surface area contributed by atoms with Crippen molar-refractivity contribution in [2.24, 2.45) is 0 Å². The third kappa shape index (κ3) is 7.20. The Hall–Kier alpha value is -5.23. The Bertz CT molecular complexity index is 1320. The molecule has 12 heteroatoms. The number of amides is 3. The van der Waals surface area contributed by atoms with Gasteiger partial charge in [-0.15, -0.1) is 0 Å². The van der Waals surface area contributed by atoms with Crippen LogP contribution in [-0.2, 0) is 23.7 Å². The lowest BCUT2D eigenvalue weighted by atomic mass is 10.1. The predicted molar refractivity (Wildman–Crippen MR) is 138 cm³/mol. The molecule has 0 bridgehead atoms. The van der Waals surface area contributed by atoms with Gasteiger partial charge < -0.3 is 24.3 Å². The van der Waals surface area contributed by atoms with E-state index in [2.05, 4.69) is 10.7 Å². The minimum absolute atomic E-state index is 0.195. The number of rotatable bonds is 10. The molecule has 3 amide bonds. The van der Waals surface area contributed by atoms with E-state index < -0.39 is 55.1 Å². The van der Waals surface area contributed by atoms with Gasteiger partial charge in [-0.05, 0) is 36.4 Å². The molecular formula is C28H25N3O9. The van der Waals surface area contributed by atoms with Crippen molar-refractivity contribution < 1.29 is 42.9 Å². The second kappa shape index (κ2) is 13.5. The first kappa shape index (κ1) is 27.8. The van der Waals surface area contributed by atoms with Crippen molar-refractivity contribution in [3.8, 4) is 0 Å². The quantitative estimate of drug-likeness (QED) is 0.149. The number of hydrazine groups is 1. The van der Waals surface area contributed by atoms with Crippen molar-refractivity contribution in [3.05, 3.63) is 108 Å². The number of hydrogen-bond donors (Lipinski definition) is 3. The van der Waals surface area contributed by atoms with Gasteiger partial charge in [-0.3, -0.25) is 10.2 Å². The van der Waals surface area contributed by atoms with Crippen LogP contribution in [0, 0.1) is 0 Å². The zero-order chi connectivity index (χ0) is 28.3. The van der Waals surface area contributed by atoms with Gasteiger partial charge >= 0.3 is 23.9 Å². The summed E-state index contributed by atoms with van der Waals surface area (Å²) < 4.78 is 22.7. The van der Waals surface area contributed by atoms with Crippen LogP contribution in [0.15, 0.2) is 91.0 Å². The number of esters is 3. The van der Waals surface area contributed by atoms with E-state index in [0.29, 0.717) is 0 Å². The van der Waals surface area contributed by atoms with Gasteiger partial charge in [0.05, 0.1) is 16.7 Å². The number of nitrogens with one attached hydrogen (secondary N) is 3. The highest BCUT2D eigenvalue weighted by Crippen LogP contribution is 2.28. The Balaban J connectivity index is 1.60. The lowest BCUT2D eigenvalue weighted by Gasteiger charge is -2.24. The molecule has 3 aromatic carbocycles. The fourth-order valence-electron chi connectivity index (χ4n) is 3.86. The molecule has 206 valence electrons. The summed E-state index contributed by atoms with van der Waals surface area (Å²) in [5.41, 5.74) is 4.71. The molecule has 0 aliphatic carbocycles. The van der Waals surface area contributed by atoms with Crippen LogP contribution in [-0.4, -0.2) is 61.5 Å². The molecule has 3 aromatic rings. The van der Waals surface area contributed by atoms with Gasteiger partial charge in [-0.2, -0.15) is 0 Å². The average molecular weight is 548 g/mol. The molecule has 1 heterocycles. The van der Waals surface area contributed by atoms with Crippen molar-refractivity contribution in [1.29, 1.82) is 0 Å². The van der Waals surface area contributed by atoms with Crippen molar-refractivity contribution in [1.82, 2.24) is 16.2 Å². The Morgan fingerprint density at radius 3 is 1.68 bits per heavy atom. The summed E-state index contributed by atoms with van der Waals surface area (Å²) in [4.78, 5) is 61.4. The van der Waals surface area contributed by atoms with E-state index in [-0.39, 0.29) is 23.1 Å². The van der Waals surface area contributed by atoms with Gasteiger partial charge in [0.25, 0.3) is 0 Å². The first-order chi connectivity index (χ1) is 19.5. The number of benzene rings is 3. The van der Waals surface area contributed by atoms with Gasteiger partial charge in [-0.25, -0.2) is 24.6 Å². The van der Waals surface area contributed by atoms with Crippen LogP contribution in [0.5, 0.6) is 0 Å². The number of urea groups is 1. The molecule has 1 aliphatic heterocycles. The van der Waals surface area contributed by atoms with Crippen LogP contribution < -0.4 is 16.2 Å². The van der Waals surface area contributed by atoms with Crippen molar-refractivity contribution in [2.75, 3.05) is 6.61 Å². The molecule has 0 aromatic heterocycles. The van der Waals surface area contributed by atoms with Gasteiger partial charge in [0, 0.05) is 0 Å². The summed E-state index contributed by atoms with van der Waals surface area (Å²) in [6.07, 6.45) is -4.97. The number of carbonyl (C=O) groups is 5. The molecule has 4 atom stereocenters. The third-order valence-electron chi connectivity index (χ3n) is 5.72. The Kier molecular flexibility index (Phi) is 9.40. The molecular weight excluding hydrogens is 522 g/mol. The lowest BCUT2D eigenvalue weighted by molar-refractivity contribution is -0.110. The highest BCUT2D eigenvalue weighted by atomic mass is 16.7. The molecule has 0 radical (unpaired) electrons. The minimum Gasteiger partial charge on any atom is -0.459 e. The van der Waals surface area contributed by atoms with E-state index >= 15 is 0 Å². The van der Waals surface area contributed by atoms with Gasteiger partial charge in [0.2, 0.25) is 6.41 Å². The topological polar surface area (TPSA) is 158 Å². The largest absolute Gasteiger partial charge is 0.459 e. The van der Waals surface area contributed by atoms with Crippen LogP contribution in [0.3, 0.4) is 0 Å². The molecule has 1 aliphatic rings. The Morgan fingerprint density at radius 1 is 0.700 bits per heavy atom. The molecule has 3 N–H and O–H groups in total. The fourth-order valence-corrected chi connectivity index (χ4v) is 3.86.